The van der Waals surface area contributed by atoms with Crippen LogP contribution in [0.2, 0.25) is 0 Å². The van der Waals surface area contributed by atoms with Crippen LogP contribution >= 0.6 is 0 Å². The van der Waals surface area contributed by atoms with Gasteiger partial charge >= 0.3 is 0 Å². The second-order valence-corrected chi connectivity index (χ2v) is 6.54. The topological polar surface area (TPSA) is 62.6 Å². The molecule has 0 aliphatic carbocycles. The molecule has 1 aromatic heterocycles. The number of benzene rings is 1. The van der Waals surface area contributed by atoms with Crippen molar-refractivity contribution in [3.63, 3.8) is 0 Å². The number of carbonyl (C=O) groups excluding carboxylic acids is 2. The smallest absolute Gasteiger partial charge is 0.255 e. The molecule has 0 bridgehead atoms. The normalized spacial score (nSPS) is 16.4. The van der Waals surface area contributed by atoms with Gasteiger partial charge in [0.1, 0.15) is 11.4 Å². The number of ketones is 1. The van der Waals surface area contributed by atoms with E-state index in [0.717, 1.165) is 44.3 Å². The molecule has 0 spiro atoms. The molecular weight excluding hydrogens is 304 g/mol. The maximum Gasteiger partial charge on any atom is 0.255 e. The highest BCUT2D eigenvalue weighted by Crippen LogP contribution is 2.20. The average Bonchev–Trinajstić information content (AvgIpc) is 3.04. The first-order valence-electron chi connectivity index (χ1n) is 8.62. The number of amides is 1. The molecule has 128 valence electrons. The summed E-state index contributed by atoms with van der Waals surface area (Å²) in [6.45, 7) is 4.54. The van der Waals surface area contributed by atoms with Gasteiger partial charge in [0.05, 0.1) is 11.8 Å². The molecule has 1 N–H and O–H groups in total. The quantitative estimate of drug-likeness (QED) is 0.885. The summed E-state index contributed by atoms with van der Waals surface area (Å²) >= 11 is 0. The molecule has 3 rings (SSSR count). The van der Waals surface area contributed by atoms with Gasteiger partial charge in [-0.15, -0.1) is 0 Å². The van der Waals surface area contributed by atoms with Gasteiger partial charge in [-0.2, -0.15) is 0 Å². The Kier molecular flexibility index (Phi) is 5.30. The molecule has 2 aromatic rings. The van der Waals surface area contributed by atoms with Crippen LogP contribution in [-0.2, 0) is 4.79 Å². The SMILES string of the molecule is CC(=O)CCCN1CCC(NC(=O)c2cccc3ccoc23)CC1. The Balaban J connectivity index is 1.50. The number of para-hydroxylation sites is 1. The lowest BCUT2D eigenvalue weighted by atomic mass is 10.0. The number of hydrogen-bond acceptors (Lipinski definition) is 4. The molecular formula is C19H24N2O3. The molecule has 5 heteroatoms. The van der Waals surface area contributed by atoms with Gasteiger partial charge in [0.15, 0.2) is 0 Å². The van der Waals surface area contributed by atoms with E-state index in [1.807, 2.05) is 18.2 Å². The zero-order chi connectivity index (χ0) is 16.9. The molecule has 2 heterocycles. The summed E-state index contributed by atoms with van der Waals surface area (Å²) in [5.74, 6) is 0.190. The van der Waals surface area contributed by atoms with Crippen molar-refractivity contribution < 1.29 is 14.0 Å². The van der Waals surface area contributed by atoms with Crippen LogP contribution in [0.5, 0.6) is 0 Å². The number of likely N-dealkylation sites (tertiary alicyclic amines) is 1. The fraction of sp³-hybridized carbons (Fsp3) is 0.474. The minimum absolute atomic E-state index is 0.0643. The predicted molar refractivity (Wildman–Crippen MR) is 93.1 cm³/mol. The van der Waals surface area contributed by atoms with E-state index in [-0.39, 0.29) is 17.7 Å². The summed E-state index contributed by atoms with van der Waals surface area (Å²) in [6, 6.07) is 7.69. The van der Waals surface area contributed by atoms with Crippen molar-refractivity contribution in [3.05, 3.63) is 36.1 Å². The highest BCUT2D eigenvalue weighted by molar-refractivity contribution is 6.04. The number of rotatable bonds is 6. The number of furan rings is 1. The fourth-order valence-corrected chi connectivity index (χ4v) is 3.29. The second-order valence-electron chi connectivity index (χ2n) is 6.54. The molecule has 1 aromatic carbocycles. The number of nitrogens with zero attached hydrogens (tertiary/aromatic N) is 1. The van der Waals surface area contributed by atoms with Crippen LogP contribution in [0.15, 0.2) is 34.9 Å². The third-order valence-electron chi connectivity index (χ3n) is 4.65. The van der Waals surface area contributed by atoms with Crippen molar-refractivity contribution >= 4 is 22.7 Å². The van der Waals surface area contributed by atoms with Crippen LogP contribution in [0.3, 0.4) is 0 Å². The van der Waals surface area contributed by atoms with Crippen molar-refractivity contribution in [3.8, 4) is 0 Å². The van der Waals surface area contributed by atoms with Crippen LogP contribution in [0.1, 0.15) is 43.0 Å². The Bertz CT molecular complexity index is 714. The van der Waals surface area contributed by atoms with E-state index in [0.29, 0.717) is 17.6 Å². The lowest BCUT2D eigenvalue weighted by Gasteiger charge is -2.32. The predicted octanol–water partition coefficient (Wildman–Crippen LogP) is 3.00. The zero-order valence-electron chi connectivity index (χ0n) is 14.1. The molecule has 1 fully saturated rings. The number of piperidine rings is 1. The standard InChI is InChI=1S/C19H24N2O3/c1-14(22)4-3-10-21-11-7-16(8-12-21)20-19(23)17-6-2-5-15-9-13-24-18(15)17/h2,5-6,9,13,16H,3-4,7-8,10-12H2,1H3,(H,20,23). The first-order valence-corrected chi connectivity index (χ1v) is 8.62. The first kappa shape index (κ1) is 16.7. The summed E-state index contributed by atoms with van der Waals surface area (Å²) in [6.07, 6.45) is 5.08. The molecule has 1 aliphatic heterocycles. The zero-order valence-corrected chi connectivity index (χ0v) is 14.1. The molecule has 0 saturated carbocycles. The van der Waals surface area contributed by atoms with Gasteiger partial charge in [0.25, 0.3) is 5.91 Å². The van der Waals surface area contributed by atoms with Crippen LogP contribution in [0, 0.1) is 0 Å². The van der Waals surface area contributed by atoms with Crippen LogP contribution in [0.4, 0.5) is 0 Å². The van der Waals surface area contributed by atoms with E-state index in [1.165, 1.54) is 0 Å². The van der Waals surface area contributed by atoms with Crippen molar-refractivity contribution in [2.45, 2.75) is 38.6 Å². The van der Waals surface area contributed by atoms with Gasteiger partial charge < -0.3 is 19.4 Å². The summed E-state index contributed by atoms with van der Waals surface area (Å²) in [7, 11) is 0. The third-order valence-corrected chi connectivity index (χ3v) is 4.65. The minimum Gasteiger partial charge on any atom is -0.464 e. The molecule has 0 unspecified atom stereocenters. The second kappa shape index (κ2) is 7.62. The fourth-order valence-electron chi connectivity index (χ4n) is 3.29. The van der Waals surface area contributed by atoms with Gasteiger partial charge in [-0.1, -0.05) is 12.1 Å². The Hall–Kier alpha value is -2.14. The van der Waals surface area contributed by atoms with E-state index < -0.39 is 0 Å². The number of carbonyl (C=O) groups is 2. The molecule has 24 heavy (non-hydrogen) atoms. The third kappa shape index (κ3) is 4.03. The summed E-state index contributed by atoms with van der Waals surface area (Å²) in [4.78, 5) is 25.9. The van der Waals surface area contributed by atoms with Crippen molar-refractivity contribution in [2.75, 3.05) is 19.6 Å². The van der Waals surface area contributed by atoms with E-state index in [9.17, 15) is 9.59 Å². The van der Waals surface area contributed by atoms with Gasteiger partial charge in [-0.05, 0) is 44.9 Å². The van der Waals surface area contributed by atoms with E-state index >= 15 is 0 Å². The van der Waals surface area contributed by atoms with Crippen LogP contribution in [-0.4, -0.2) is 42.3 Å². The molecule has 1 aliphatic rings. The van der Waals surface area contributed by atoms with Crippen LogP contribution < -0.4 is 5.32 Å². The van der Waals surface area contributed by atoms with Gasteiger partial charge in [-0.25, -0.2) is 0 Å². The molecule has 1 saturated heterocycles. The Morgan fingerprint density at radius 3 is 2.79 bits per heavy atom. The summed E-state index contributed by atoms with van der Waals surface area (Å²) in [5, 5.41) is 4.08. The number of Topliss-reactive ketones (excluding diaryl/α,β-unsaturated/α-hetero) is 1. The average molecular weight is 328 g/mol. The number of fused-ring (bicyclic) bond motifs is 1. The van der Waals surface area contributed by atoms with Crippen molar-refractivity contribution in [2.24, 2.45) is 0 Å². The molecule has 1 amide bonds. The van der Waals surface area contributed by atoms with Crippen molar-refractivity contribution in [1.29, 1.82) is 0 Å². The van der Waals surface area contributed by atoms with E-state index in [1.54, 1.807) is 19.3 Å². The number of nitrogens with one attached hydrogen (secondary N) is 1. The van der Waals surface area contributed by atoms with Gasteiger partial charge in [0, 0.05) is 30.9 Å². The largest absolute Gasteiger partial charge is 0.464 e. The highest BCUT2D eigenvalue weighted by atomic mass is 16.3. The molecule has 0 radical (unpaired) electrons. The Morgan fingerprint density at radius 2 is 2.04 bits per heavy atom. The van der Waals surface area contributed by atoms with Crippen molar-refractivity contribution in [1.82, 2.24) is 10.2 Å². The maximum absolute atomic E-state index is 12.5. The number of hydrogen-bond donors (Lipinski definition) is 1. The maximum atomic E-state index is 12.5. The monoisotopic (exact) mass is 328 g/mol. The lowest BCUT2D eigenvalue weighted by molar-refractivity contribution is -0.117. The van der Waals surface area contributed by atoms with Crippen LogP contribution in [0.25, 0.3) is 11.0 Å². The summed E-state index contributed by atoms with van der Waals surface area (Å²) in [5.41, 5.74) is 1.25. The van der Waals surface area contributed by atoms with Gasteiger partial charge in [0.2, 0.25) is 0 Å². The minimum atomic E-state index is -0.0643. The Labute approximate surface area is 142 Å². The molecule has 5 nitrogen and oxygen atoms in total. The molecule has 0 atom stereocenters. The van der Waals surface area contributed by atoms with Gasteiger partial charge in [-0.3, -0.25) is 4.79 Å². The van der Waals surface area contributed by atoms with E-state index in [4.69, 9.17) is 4.42 Å². The summed E-state index contributed by atoms with van der Waals surface area (Å²) < 4.78 is 5.44. The van der Waals surface area contributed by atoms with E-state index in [2.05, 4.69) is 10.2 Å². The first-order chi connectivity index (χ1) is 11.6. The lowest BCUT2D eigenvalue weighted by Crippen LogP contribution is -2.44. The highest BCUT2D eigenvalue weighted by Gasteiger charge is 2.22. The Morgan fingerprint density at radius 1 is 1.25 bits per heavy atom.